The molecule has 0 saturated heterocycles. The molecule has 1 aromatic heterocycles. The molecule has 6 heteroatoms. The van der Waals surface area contributed by atoms with E-state index in [9.17, 15) is 0 Å². The zero-order chi connectivity index (χ0) is 13.9. The van der Waals surface area contributed by atoms with Crippen molar-refractivity contribution in [2.24, 2.45) is 0 Å². The van der Waals surface area contributed by atoms with Crippen LogP contribution in [0.25, 0.3) is 0 Å². The number of rotatable bonds is 4. The summed E-state index contributed by atoms with van der Waals surface area (Å²) in [6, 6.07) is 8.24. The summed E-state index contributed by atoms with van der Waals surface area (Å²) in [5.41, 5.74) is 2.46. The van der Waals surface area contributed by atoms with E-state index in [4.69, 9.17) is 4.98 Å². The van der Waals surface area contributed by atoms with Gasteiger partial charge in [-0.1, -0.05) is 12.1 Å². The minimum atomic E-state index is 0.787. The van der Waals surface area contributed by atoms with E-state index in [2.05, 4.69) is 38.4 Å². The van der Waals surface area contributed by atoms with Gasteiger partial charge in [-0.2, -0.15) is 11.8 Å². The summed E-state index contributed by atoms with van der Waals surface area (Å²) in [4.78, 5) is 10.6. The van der Waals surface area contributed by atoms with Gasteiger partial charge < -0.3 is 5.32 Å². The third-order valence-electron chi connectivity index (χ3n) is 3.05. The van der Waals surface area contributed by atoms with E-state index >= 15 is 0 Å². The quantitative estimate of drug-likeness (QED) is 0.814. The van der Waals surface area contributed by atoms with Gasteiger partial charge in [0.1, 0.15) is 11.6 Å². The first kappa shape index (κ1) is 14.2. The molecule has 104 valence electrons. The van der Waals surface area contributed by atoms with Gasteiger partial charge in [0.15, 0.2) is 0 Å². The molecule has 20 heavy (non-hydrogen) atoms. The maximum Gasteiger partial charge on any atom is 0.141 e. The van der Waals surface area contributed by atoms with Crippen molar-refractivity contribution in [3.05, 3.63) is 45.8 Å². The molecule has 3 rings (SSSR count). The van der Waals surface area contributed by atoms with Gasteiger partial charge in [0.2, 0.25) is 0 Å². The summed E-state index contributed by atoms with van der Waals surface area (Å²) in [7, 11) is 1.93. The van der Waals surface area contributed by atoms with Gasteiger partial charge in [-0.25, -0.2) is 9.97 Å². The highest BCUT2D eigenvalue weighted by Crippen LogP contribution is 2.34. The van der Waals surface area contributed by atoms with Crippen molar-refractivity contribution in [3.63, 3.8) is 0 Å². The molecule has 0 unspecified atom stereocenters. The lowest BCUT2D eigenvalue weighted by Crippen LogP contribution is -2.05. The van der Waals surface area contributed by atoms with Crippen LogP contribution < -0.4 is 5.32 Å². The number of fused-ring (bicyclic) bond motifs is 1. The minimum Gasteiger partial charge on any atom is -0.373 e. The molecule has 1 aliphatic rings. The van der Waals surface area contributed by atoms with Crippen molar-refractivity contribution in [1.82, 2.24) is 9.97 Å². The number of anilines is 1. The number of nitrogens with zero attached hydrogens (tertiary/aromatic N) is 2. The Kier molecular flexibility index (Phi) is 4.53. The molecule has 2 aromatic rings. The number of benzene rings is 1. The van der Waals surface area contributed by atoms with E-state index in [0.29, 0.717) is 0 Å². The molecular formula is C14H14BrN3S2. The SMILES string of the molecule is CNc1nc(CSc2ccccc2Br)nc2c1CSC2. The van der Waals surface area contributed by atoms with Gasteiger partial charge in [-0.15, -0.1) is 11.8 Å². The maximum atomic E-state index is 4.70. The Balaban J connectivity index is 1.80. The number of hydrogen-bond acceptors (Lipinski definition) is 5. The molecule has 0 radical (unpaired) electrons. The highest BCUT2D eigenvalue weighted by atomic mass is 79.9. The fraction of sp³-hybridized carbons (Fsp3) is 0.286. The highest BCUT2D eigenvalue weighted by Gasteiger charge is 2.19. The molecule has 1 N–H and O–H groups in total. The molecule has 0 spiro atoms. The number of thioether (sulfide) groups is 2. The number of hydrogen-bond donors (Lipinski definition) is 1. The van der Waals surface area contributed by atoms with Gasteiger partial charge in [-0.05, 0) is 28.1 Å². The van der Waals surface area contributed by atoms with E-state index in [1.54, 1.807) is 11.8 Å². The topological polar surface area (TPSA) is 37.8 Å². The Labute approximate surface area is 135 Å². The fourth-order valence-corrected chi connectivity index (χ4v) is 4.54. The van der Waals surface area contributed by atoms with Crippen LogP contribution in [-0.2, 0) is 17.3 Å². The average Bonchev–Trinajstić information content (AvgIpc) is 2.94. The van der Waals surface area contributed by atoms with Crippen molar-refractivity contribution in [3.8, 4) is 0 Å². The van der Waals surface area contributed by atoms with Gasteiger partial charge in [0.25, 0.3) is 0 Å². The molecule has 2 heterocycles. The number of nitrogens with one attached hydrogen (secondary N) is 1. The van der Waals surface area contributed by atoms with E-state index in [1.807, 2.05) is 30.9 Å². The second kappa shape index (κ2) is 6.37. The first-order valence-corrected chi connectivity index (χ1v) is 9.22. The lowest BCUT2D eigenvalue weighted by Gasteiger charge is -2.09. The van der Waals surface area contributed by atoms with Crippen LogP contribution in [0.4, 0.5) is 5.82 Å². The van der Waals surface area contributed by atoms with Gasteiger partial charge >= 0.3 is 0 Å². The largest absolute Gasteiger partial charge is 0.373 e. The molecule has 0 bridgehead atoms. The predicted octanol–water partition coefficient (Wildman–Crippen LogP) is 4.32. The molecule has 0 saturated carbocycles. The maximum absolute atomic E-state index is 4.70. The van der Waals surface area contributed by atoms with E-state index in [1.165, 1.54) is 16.2 Å². The smallest absolute Gasteiger partial charge is 0.141 e. The molecule has 0 aliphatic carbocycles. The summed E-state index contributed by atoms with van der Waals surface area (Å²) in [6.45, 7) is 0. The van der Waals surface area contributed by atoms with Crippen LogP contribution in [0.1, 0.15) is 17.1 Å². The lowest BCUT2D eigenvalue weighted by molar-refractivity contribution is 0.975. The predicted molar refractivity (Wildman–Crippen MR) is 90.3 cm³/mol. The summed E-state index contributed by atoms with van der Waals surface area (Å²) in [5.74, 6) is 4.69. The van der Waals surface area contributed by atoms with Crippen LogP contribution in [0.5, 0.6) is 0 Å². The molecule has 3 nitrogen and oxygen atoms in total. The second-order valence-electron chi connectivity index (χ2n) is 4.38. The molecule has 0 fully saturated rings. The third kappa shape index (κ3) is 2.97. The Morgan fingerprint density at radius 1 is 1.30 bits per heavy atom. The van der Waals surface area contributed by atoms with Crippen molar-refractivity contribution in [2.45, 2.75) is 22.2 Å². The first-order valence-electron chi connectivity index (χ1n) is 6.29. The molecule has 1 aliphatic heterocycles. The van der Waals surface area contributed by atoms with Crippen molar-refractivity contribution in [2.75, 3.05) is 12.4 Å². The molecular weight excluding hydrogens is 354 g/mol. The molecule has 0 amide bonds. The van der Waals surface area contributed by atoms with Crippen molar-refractivity contribution in [1.29, 1.82) is 0 Å². The highest BCUT2D eigenvalue weighted by molar-refractivity contribution is 9.10. The van der Waals surface area contributed by atoms with Crippen LogP contribution in [0, 0.1) is 0 Å². The second-order valence-corrected chi connectivity index (χ2v) is 7.23. The fourth-order valence-electron chi connectivity index (χ4n) is 2.08. The van der Waals surface area contributed by atoms with E-state index in [0.717, 1.165) is 33.4 Å². The van der Waals surface area contributed by atoms with Crippen LogP contribution in [0.15, 0.2) is 33.6 Å². The van der Waals surface area contributed by atoms with Crippen LogP contribution in [0.2, 0.25) is 0 Å². The van der Waals surface area contributed by atoms with Gasteiger partial charge in [0, 0.05) is 33.5 Å². The number of halogens is 1. The van der Waals surface area contributed by atoms with Crippen LogP contribution >= 0.6 is 39.5 Å². The van der Waals surface area contributed by atoms with E-state index in [-0.39, 0.29) is 0 Å². The van der Waals surface area contributed by atoms with Crippen LogP contribution in [-0.4, -0.2) is 17.0 Å². The van der Waals surface area contributed by atoms with Crippen molar-refractivity contribution < 1.29 is 0 Å². The Morgan fingerprint density at radius 3 is 2.95 bits per heavy atom. The first-order chi connectivity index (χ1) is 9.78. The van der Waals surface area contributed by atoms with E-state index < -0.39 is 0 Å². The molecule has 0 atom stereocenters. The standard InChI is InChI=1S/C14H14BrN3S2/c1-16-14-9-6-19-7-11(9)17-13(18-14)8-20-12-5-3-2-4-10(12)15/h2-5H,6-8H2,1H3,(H,16,17,18). The Hall–Kier alpha value is -0.720. The summed E-state index contributed by atoms with van der Waals surface area (Å²) >= 11 is 7.23. The monoisotopic (exact) mass is 367 g/mol. The zero-order valence-corrected chi connectivity index (χ0v) is 14.2. The molecule has 1 aromatic carbocycles. The minimum absolute atomic E-state index is 0.787. The van der Waals surface area contributed by atoms with Gasteiger partial charge in [0.05, 0.1) is 11.4 Å². The number of aromatic nitrogens is 2. The Morgan fingerprint density at radius 2 is 2.15 bits per heavy atom. The van der Waals surface area contributed by atoms with Gasteiger partial charge in [-0.3, -0.25) is 0 Å². The normalized spacial score (nSPS) is 13.3. The lowest BCUT2D eigenvalue weighted by atomic mass is 10.2. The summed E-state index contributed by atoms with van der Waals surface area (Å²) in [6.07, 6.45) is 0. The summed E-state index contributed by atoms with van der Waals surface area (Å²) in [5, 5.41) is 3.19. The summed E-state index contributed by atoms with van der Waals surface area (Å²) < 4.78 is 1.12. The third-order valence-corrected chi connectivity index (χ3v) is 6.05. The average molecular weight is 368 g/mol. The van der Waals surface area contributed by atoms with Crippen molar-refractivity contribution >= 4 is 45.3 Å². The Bertz CT molecular complexity index is 634. The zero-order valence-electron chi connectivity index (χ0n) is 11.0. The van der Waals surface area contributed by atoms with Crippen LogP contribution in [0.3, 0.4) is 0 Å².